The quantitative estimate of drug-likeness (QED) is 0.877. The molecule has 6 nitrogen and oxygen atoms in total. The third kappa shape index (κ3) is 2.57. The Hall–Kier alpha value is -1.56. The molecule has 5 rings (SSSR count). The summed E-state index contributed by atoms with van der Waals surface area (Å²) in [6.07, 6.45) is 7.46. The second-order valence-electron chi connectivity index (χ2n) is 8.87. The molecular weight excluding hydrogens is 318 g/mol. The van der Waals surface area contributed by atoms with Crippen LogP contribution in [0.5, 0.6) is 5.75 Å². The summed E-state index contributed by atoms with van der Waals surface area (Å²) in [5, 5.41) is 18.3. The zero-order chi connectivity index (χ0) is 17.8. The van der Waals surface area contributed by atoms with Crippen LogP contribution in [0.15, 0.2) is 11.0 Å². The Balaban J connectivity index is 1.59. The van der Waals surface area contributed by atoms with E-state index in [0.717, 1.165) is 31.6 Å². The molecule has 1 unspecified atom stereocenters. The highest BCUT2D eigenvalue weighted by Gasteiger charge is 2.59. The topological polar surface area (TPSA) is 76.4 Å². The first-order valence-corrected chi connectivity index (χ1v) is 9.53. The van der Waals surface area contributed by atoms with Crippen LogP contribution in [-0.2, 0) is 4.74 Å². The second-order valence-corrected chi connectivity index (χ2v) is 8.87. The van der Waals surface area contributed by atoms with Crippen molar-refractivity contribution < 1.29 is 9.84 Å². The van der Waals surface area contributed by atoms with Crippen LogP contribution in [0.3, 0.4) is 0 Å². The third-order valence-corrected chi connectivity index (χ3v) is 7.08. The van der Waals surface area contributed by atoms with Gasteiger partial charge in [-0.15, -0.1) is 0 Å². The summed E-state index contributed by atoms with van der Waals surface area (Å²) in [6.45, 7) is 7.52. The van der Waals surface area contributed by atoms with Gasteiger partial charge in [0.15, 0.2) is 6.23 Å². The van der Waals surface area contributed by atoms with Gasteiger partial charge in [0, 0.05) is 12.1 Å². The molecule has 0 aromatic carbocycles. The summed E-state index contributed by atoms with van der Waals surface area (Å²) in [4.78, 5) is 12.6. The molecule has 4 atom stereocenters. The molecule has 3 aliphatic carbocycles. The van der Waals surface area contributed by atoms with E-state index in [1.165, 1.54) is 17.5 Å². The van der Waals surface area contributed by atoms with Crippen LogP contribution >= 0.6 is 0 Å². The average molecular weight is 347 g/mol. The minimum atomic E-state index is -0.470. The van der Waals surface area contributed by atoms with Crippen LogP contribution in [0.4, 0.5) is 5.69 Å². The van der Waals surface area contributed by atoms with E-state index in [1.807, 2.05) is 0 Å². The van der Waals surface area contributed by atoms with Crippen LogP contribution in [0.1, 0.15) is 65.5 Å². The van der Waals surface area contributed by atoms with E-state index in [-0.39, 0.29) is 17.5 Å². The number of ether oxygens (including phenoxy) is 1. The normalized spacial score (nSPS) is 36.5. The van der Waals surface area contributed by atoms with Gasteiger partial charge in [0.2, 0.25) is 5.75 Å². The Bertz CT molecular complexity index is 721. The predicted molar refractivity (Wildman–Crippen MR) is 95.6 cm³/mol. The first-order chi connectivity index (χ1) is 11.8. The molecule has 138 valence electrons. The lowest BCUT2D eigenvalue weighted by atomic mass is 9.43. The molecule has 1 aromatic heterocycles. The van der Waals surface area contributed by atoms with E-state index >= 15 is 0 Å². The molecule has 1 saturated heterocycles. The number of aromatic nitrogens is 2. The zero-order valence-electron chi connectivity index (χ0n) is 15.4. The molecule has 0 radical (unpaired) electrons. The minimum Gasteiger partial charge on any atom is -0.502 e. The fourth-order valence-corrected chi connectivity index (χ4v) is 5.36. The van der Waals surface area contributed by atoms with Crippen molar-refractivity contribution in [1.82, 2.24) is 9.78 Å². The van der Waals surface area contributed by atoms with Crippen molar-refractivity contribution in [3.8, 4) is 5.75 Å². The van der Waals surface area contributed by atoms with E-state index in [1.54, 1.807) is 6.20 Å². The summed E-state index contributed by atoms with van der Waals surface area (Å²) in [7, 11) is 0. The van der Waals surface area contributed by atoms with Crippen LogP contribution in [0.25, 0.3) is 0 Å². The first-order valence-electron chi connectivity index (χ1n) is 9.53. The van der Waals surface area contributed by atoms with Gasteiger partial charge in [-0.1, -0.05) is 13.8 Å². The summed E-state index contributed by atoms with van der Waals surface area (Å²) >= 11 is 0. The summed E-state index contributed by atoms with van der Waals surface area (Å²) < 4.78 is 6.91. The van der Waals surface area contributed by atoms with Crippen molar-refractivity contribution in [2.45, 2.75) is 71.1 Å². The number of nitrogens with zero attached hydrogens (tertiary/aromatic N) is 2. The summed E-state index contributed by atoms with van der Waals surface area (Å²) in [6, 6.07) is 0. The maximum Gasteiger partial charge on any atom is 0.313 e. The van der Waals surface area contributed by atoms with Gasteiger partial charge in [0.05, 0.1) is 6.20 Å². The van der Waals surface area contributed by atoms with Crippen LogP contribution in [-0.4, -0.2) is 27.0 Å². The number of aromatic hydroxyl groups is 1. The molecule has 25 heavy (non-hydrogen) atoms. The number of anilines is 1. The van der Waals surface area contributed by atoms with Crippen molar-refractivity contribution in [1.29, 1.82) is 0 Å². The fourth-order valence-electron chi connectivity index (χ4n) is 5.36. The number of hydrogen-bond acceptors (Lipinski definition) is 5. The third-order valence-electron chi connectivity index (χ3n) is 7.08. The van der Waals surface area contributed by atoms with Gasteiger partial charge in [-0.05, 0) is 62.7 Å². The SMILES string of the molecule is CC1(C)[C@H]2CC[C@@](C)(Nc3cnn(C4CCCCO4)c(=O)c3O)[C@@H]1C2. The van der Waals surface area contributed by atoms with Gasteiger partial charge in [0.1, 0.15) is 5.69 Å². The van der Waals surface area contributed by atoms with Crippen LogP contribution in [0.2, 0.25) is 0 Å². The van der Waals surface area contributed by atoms with Crippen LogP contribution < -0.4 is 10.9 Å². The Morgan fingerprint density at radius 3 is 2.76 bits per heavy atom. The van der Waals surface area contributed by atoms with E-state index in [0.29, 0.717) is 23.6 Å². The minimum absolute atomic E-state index is 0.114. The number of nitrogens with one attached hydrogen (secondary N) is 1. The Kier molecular flexibility index (Phi) is 3.87. The predicted octanol–water partition coefficient (Wildman–Crippen LogP) is 3.27. The molecule has 4 aliphatic rings. The number of fused-ring (bicyclic) bond motifs is 2. The monoisotopic (exact) mass is 347 g/mol. The zero-order valence-corrected chi connectivity index (χ0v) is 15.4. The van der Waals surface area contributed by atoms with Crippen LogP contribution in [0, 0.1) is 17.3 Å². The maximum atomic E-state index is 12.6. The van der Waals surface area contributed by atoms with Gasteiger partial charge < -0.3 is 15.2 Å². The smallest absolute Gasteiger partial charge is 0.313 e. The van der Waals surface area contributed by atoms with Gasteiger partial charge in [0.25, 0.3) is 0 Å². The number of hydrogen-bond donors (Lipinski definition) is 2. The van der Waals surface area contributed by atoms with E-state index in [9.17, 15) is 9.90 Å². The number of rotatable bonds is 3. The van der Waals surface area contributed by atoms with Crippen molar-refractivity contribution in [2.75, 3.05) is 11.9 Å². The standard InChI is InChI=1S/C19H29N3O3/c1-18(2)12-7-8-19(3,14(18)10-12)21-13-11-20-22(17(24)16(13)23)15-6-4-5-9-25-15/h11-12,14-15,21,23H,4-10H2,1-3H3/t12-,14+,15?,19+/m0/s1. The average Bonchev–Trinajstić information content (AvgIpc) is 2.59. The molecule has 1 aromatic rings. The van der Waals surface area contributed by atoms with E-state index in [4.69, 9.17) is 4.74 Å². The molecule has 0 spiro atoms. The van der Waals surface area contributed by atoms with E-state index < -0.39 is 5.56 Å². The van der Waals surface area contributed by atoms with Crippen molar-refractivity contribution in [3.05, 3.63) is 16.6 Å². The van der Waals surface area contributed by atoms with Gasteiger partial charge in [-0.3, -0.25) is 4.79 Å². The Labute approximate surface area is 148 Å². The second kappa shape index (κ2) is 5.73. The highest BCUT2D eigenvalue weighted by molar-refractivity contribution is 5.54. The highest BCUT2D eigenvalue weighted by atomic mass is 16.5. The molecular formula is C19H29N3O3. The molecule has 0 amide bonds. The molecule has 6 heteroatoms. The molecule has 2 N–H and O–H groups in total. The van der Waals surface area contributed by atoms with Gasteiger partial charge in [-0.2, -0.15) is 9.78 Å². The summed E-state index contributed by atoms with van der Waals surface area (Å²) in [5.74, 6) is 1.10. The molecule has 2 heterocycles. The highest BCUT2D eigenvalue weighted by Crippen LogP contribution is 2.63. The first kappa shape index (κ1) is 16.9. The Morgan fingerprint density at radius 2 is 2.12 bits per heavy atom. The van der Waals surface area contributed by atoms with Crippen molar-refractivity contribution >= 4 is 5.69 Å². The summed E-state index contributed by atoms with van der Waals surface area (Å²) in [5.41, 5.74) is 0.175. The van der Waals surface area contributed by atoms with E-state index in [2.05, 4.69) is 31.2 Å². The van der Waals surface area contributed by atoms with Crippen molar-refractivity contribution in [2.24, 2.45) is 17.3 Å². The van der Waals surface area contributed by atoms with Gasteiger partial charge in [-0.25, -0.2) is 0 Å². The molecule has 1 aliphatic heterocycles. The van der Waals surface area contributed by atoms with Gasteiger partial charge >= 0.3 is 5.56 Å². The Morgan fingerprint density at radius 1 is 1.32 bits per heavy atom. The molecule has 3 saturated carbocycles. The lowest BCUT2D eigenvalue weighted by molar-refractivity contribution is -0.104. The lowest BCUT2D eigenvalue weighted by Crippen LogP contribution is -2.63. The lowest BCUT2D eigenvalue weighted by Gasteiger charge is -2.64. The maximum absolute atomic E-state index is 12.6. The largest absolute Gasteiger partial charge is 0.502 e. The van der Waals surface area contributed by atoms with Crippen molar-refractivity contribution in [3.63, 3.8) is 0 Å². The molecule has 4 fully saturated rings. The molecule has 2 bridgehead atoms. The fraction of sp³-hybridized carbons (Fsp3) is 0.789.